The molecule has 82 valence electrons. The van der Waals surface area contributed by atoms with Crippen molar-refractivity contribution in [3.05, 3.63) is 40.7 Å². The molecule has 0 saturated carbocycles. The summed E-state index contributed by atoms with van der Waals surface area (Å²) in [4.78, 5) is 14.4. The lowest BCUT2D eigenvalue weighted by Crippen LogP contribution is -1.95. The van der Waals surface area contributed by atoms with Crippen molar-refractivity contribution in [3.8, 4) is 11.5 Å². The summed E-state index contributed by atoms with van der Waals surface area (Å²) in [6.07, 6.45) is 1.10. The zero-order valence-corrected chi connectivity index (χ0v) is 9.15. The summed E-state index contributed by atoms with van der Waals surface area (Å²) in [5.74, 6) is -0.868. The van der Waals surface area contributed by atoms with Gasteiger partial charge in [-0.3, -0.25) is 0 Å². The second-order valence-corrected chi connectivity index (χ2v) is 3.71. The highest BCUT2D eigenvalue weighted by Crippen LogP contribution is 2.24. The second kappa shape index (κ2) is 3.98. The topological polar surface area (TPSA) is 63.3 Å². The maximum absolute atomic E-state index is 10.6. The third kappa shape index (κ3) is 1.92. The van der Waals surface area contributed by atoms with Gasteiger partial charge in [-0.2, -0.15) is 0 Å². The summed E-state index contributed by atoms with van der Waals surface area (Å²) in [7, 11) is 0. The Bertz CT molecular complexity index is 548. The number of carboxylic acids is 1. The molecule has 0 aliphatic carbocycles. The Morgan fingerprint density at radius 3 is 2.81 bits per heavy atom. The summed E-state index contributed by atoms with van der Waals surface area (Å²) in [5, 5.41) is 9.29. The summed E-state index contributed by atoms with van der Waals surface area (Å²) in [6, 6.07) is 5.29. The van der Waals surface area contributed by atoms with Gasteiger partial charge >= 0.3 is 5.97 Å². The van der Waals surface area contributed by atoms with Gasteiger partial charge in [0.2, 0.25) is 5.89 Å². The summed E-state index contributed by atoms with van der Waals surface area (Å²) >= 11 is 5.95. The monoisotopic (exact) mass is 237 g/mol. The van der Waals surface area contributed by atoms with Gasteiger partial charge in [-0.05, 0) is 24.6 Å². The van der Waals surface area contributed by atoms with E-state index >= 15 is 0 Å². The van der Waals surface area contributed by atoms with Crippen molar-refractivity contribution in [3.63, 3.8) is 0 Å². The van der Waals surface area contributed by atoms with Crippen LogP contribution in [0.4, 0.5) is 0 Å². The number of aryl methyl sites for hydroxylation is 1. The van der Waals surface area contributed by atoms with E-state index in [1.165, 1.54) is 0 Å². The van der Waals surface area contributed by atoms with E-state index in [-0.39, 0.29) is 11.6 Å². The quantitative estimate of drug-likeness (QED) is 0.872. The molecule has 16 heavy (non-hydrogen) atoms. The Morgan fingerprint density at radius 1 is 1.50 bits per heavy atom. The molecule has 1 N–H and O–H groups in total. The van der Waals surface area contributed by atoms with E-state index in [4.69, 9.17) is 21.1 Å². The van der Waals surface area contributed by atoms with Gasteiger partial charge in [0, 0.05) is 10.6 Å². The minimum absolute atomic E-state index is 0.119. The van der Waals surface area contributed by atoms with E-state index in [9.17, 15) is 4.79 Å². The lowest BCUT2D eigenvalue weighted by atomic mass is 10.1. The van der Waals surface area contributed by atoms with Gasteiger partial charge in [0.25, 0.3) is 0 Å². The maximum atomic E-state index is 10.6. The van der Waals surface area contributed by atoms with Crippen LogP contribution in [0.5, 0.6) is 0 Å². The average molecular weight is 238 g/mol. The molecule has 0 fully saturated rings. The highest BCUT2D eigenvalue weighted by molar-refractivity contribution is 6.31. The van der Waals surface area contributed by atoms with Crippen LogP contribution in [0.1, 0.15) is 16.1 Å². The first-order valence-electron chi connectivity index (χ1n) is 4.53. The Balaban J connectivity index is 2.42. The van der Waals surface area contributed by atoms with Crippen LogP contribution >= 0.6 is 11.6 Å². The van der Waals surface area contributed by atoms with Gasteiger partial charge < -0.3 is 9.52 Å². The highest BCUT2D eigenvalue weighted by Gasteiger charge is 2.12. The number of nitrogens with zero attached hydrogens (tertiary/aromatic N) is 1. The van der Waals surface area contributed by atoms with Gasteiger partial charge in [0.15, 0.2) is 5.69 Å². The van der Waals surface area contributed by atoms with Crippen molar-refractivity contribution in [1.29, 1.82) is 0 Å². The van der Waals surface area contributed by atoms with Crippen molar-refractivity contribution < 1.29 is 14.3 Å². The number of rotatable bonds is 2. The molecule has 1 aromatic carbocycles. The van der Waals surface area contributed by atoms with E-state index in [2.05, 4.69) is 4.98 Å². The van der Waals surface area contributed by atoms with Crippen LogP contribution in [-0.2, 0) is 0 Å². The molecule has 0 radical (unpaired) electrons. The molecule has 0 aliphatic heterocycles. The summed E-state index contributed by atoms with van der Waals surface area (Å²) < 4.78 is 5.06. The lowest BCUT2D eigenvalue weighted by molar-refractivity contribution is 0.0690. The minimum Gasteiger partial charge on any atom is -0.476 e. The van der Waals surface area contributed by atoms with E-state index in [0.717, 1.165) is 11.8 Å². The van der Waals surface area contributed by atoms with E-state index in [1.807, 2.05) is 13.0 Å². The van der Waals surface area contributed by atoms with Crippen LogP contribution in [0.2, 0.25) is 5.02 Å². The minimum atomic E-state index is -1.12. The molecular formula is C11H8ClNO3. The zero-order chi connectivity index (χ0) is 11.7. The predicted molar refractivity (Wildman–Crippen MR) is 58.6 cm³/mol. The zero-order valence-electron chi connectivity index (χ0n) is 8.40. The Hall–Kier alpha value is -1.81. The third-order valence-electron chi connectivity index (χ3n) is 2.14. The SMILES string of the molecule is Cc1ccc(-c2nc(C(=O)O)co2)cc1Cl. The van der Waals surface area contributed by atoms with Gasteiger partial charge in [0.1, 0.15) is 6.26 Å². The van der Waals surface area contributed by atoms with Crippen LogP contribution in [0, 0.1) is 6.92 Å². The molecule has 0 bridgehead atoms. The van der Waals surface area contributed by atoms with E-state index in [0.29, 0.717) is 10.6 Å². The fraction of sp³-hybridized carbons (Fsp3) is 0.0909. The molecule has 4 nitrogen and oxygen atoms in total. The first kappa shape index (κ1) is 10.7. The third-order valence-corrected chi connectivity index (χ3v) is 2.55. The highest BCUT2D eigenvalue weighted by atomic mass is 35.5. The molecule has 1 heterocycles. The van der Waals surface area contributed by atoms with Crippen molar-refractivity contribution in [2.24, 2.45) is 0 Å². The molecule has 5 heteroatoms. The Labute approximate surface area is 96.5 Å². The number of hydrogen-bond acceptors (Lipinski definition) is 3. The van der Waals surface area contributed by atoms with Crippen LogP contribution in [0.3, 0.4) is 0 Å². The van der Waals surface area contributed by atoms with Crippen molar-refractivity contribution in [2.45, 2.75) is 6.92 Å². The largest absolute Gasteiger partial charge is 0.476 e. The normalized spacial score (nSPS) is 10.4. The molecule has 2 aromatic rings. The first-order valence-corrected chi connectivity index (χ1v) is 4.91. The molecule has 0 aliphatic rings. The molecule has 0 amide bonds. The molecular weight excluding hydrogens is 230 g/mol. The fourth-order valence-corrected chi connectivity index (χ4v) is 1.41. The Kier molecular flexibility index (Phi) is 2.66. The van der Waals surface area contributed by atoms with Gasteiger partial charge in [-0.15, -0.1) is 0 Å². The number of aromatic carboxylic acids is 1. The first-order chi connectivity index (χ1) is 7.58. The average Bonchev–Trinajstić information content (AvgIpc) is 2.71. The van der Waals surface area contributed by atoms with Crippen LogP contribution in [0.15, 0.2) is 28.9 Å². The number of halogens is 1. The number of aromatic nitrogens is 1. The summed E-state index contributed by atoms with van der Waals surface area (Å²) in [5.41, 5.74) is 1.48. The molecule has 0 unspecified atom stereocenters. The molecule has 0 atom stereocenters. The van der Waals surface area contributed by atoms with Gasteiger partial charge in [0.05, 0.1) is 0 Å². The molecule has 2 rings (SSSR count). The molecule has 1 aromatic heterocycles. The van der Waals surface area contributed by atoms with E-state index in [1.54, 1.807) is 12.1 Å². The standard InChI is InChI=1S/C11H8ClNO3/c1-6-2-3-7(4-8(6)12)10-13-9(5-16-10)11(14)15/h2-5H,1H3,(H,14,15). The maximum Gasteiger partial charge on any atom is 0.357 e. The van der Waals surface area contributed by atoms with Crippen molar-refractivity contribution >= 4 is 17.6 Å². The van der Waals surface area contributed by atoms with Crippen LogP contribution in [0.25, 0.3) is 11.5 Å². The van der Waals surface area contributed by atoms with Crippen molar-refractivity contribution in [1.82, 2.24) is 4.98 Å². The number of benzene rings is 1. The Morgan fingerprint density at radius 2 is 2.25 bits per heavy atom. The second-order valence-electron chi connectivity index (χ2n) is 3.31. The smallest absolute Gasteiger partial charge is 0.357 e. The number of carboxylic acid groups (broad SMARTS) is 1. The lowest BCUT2D eigenvalue weighted by Gasteiger charge is -1.99. The number of hydrogen-bond donors (Lipinski definition) is 1. The van der Waals surface area contributed by atoms with Crippen LogP contribution < -0.4 is 0 Å². The number of carbonyl (C=O) groups is 1. The molecule has 0 saturated heterocycles. The fourth-order valence-electron chi connectivity index (χ4n) is 1.23. The predicted octanol–water partition coefficient (Wildman–Crippen LogP) is 3.00. The van der Waals surface area contributed by atoms with Gasteiger partial charge in [-0.1, -0.05) is 17.7 Å². The molecule has 0 spiro atoms. The van der Waals surface area contributed by atoms with Crippen LogP contribution in [-0.4, -0.2) is 16.1 Å². The summed E-state index contributed by atoms with van der Waals surface area (Å²) in [6.45, 7) is 1.88. The van der Waals surface area contributed by atoms with Crippen molar-refractivity contribution in [2.75, 3.05) is 0 Å². The van der Waals surface area contributed by atoms with E-state index < -0.39 is 5.97 Å². The number of oxazole rings is 1. The van der Waals surface area contributed by atoms with Gasteiger partial charge in [-0.25, -0.2) is 9.78 Å².